The molecule has 1 heterocycles. The van der Waals surface area contributed by atoms with E-state index in [2.05, 4.69) is 15.6 Å². The summed E-state index contributed by atoms with van der Waals surface area (Å²) >= 11 is 6.35. The summed E-state index contributed by atoms with van der Waals surface area (Å²) < 4.78 is 26.6. The highest BCUT2D eigenvalue weighted by Gasteiger charge is 2.30. The van der Waals surface area contributed by atoms with Gasteiger partial charge in [-0.1, -0.05) is 48.9 Å². The van der Waals surface area contributed by atoms with Crippen LogP contribution in [0, 0.1) is 5.82 Å². The third kappa shape index (κ3) is 8.40. The maximum absolute atomic E-state index is 14.2. The van der Waals surface area contributed by atoms with E-state index in [-0.39, 0.29) is 30.5 Å². The number of nitrogens with one attached hydrogen (secondary N) is 3. The SMILES string of the molecule is CCC(NCc1ccccc1F)C(=O)NC(=O)C(Oc1ccc2[nH]ccc2c1)c1ccc(Cl)cc1Oc1cccc(CN)c1.Cl. The molecule has 0 fully saturated rings. The smallest absolute Gasteiger partial charge is 0.272 e. The van der Waals surface area contributed by atoms with E-state index in [9.17, 15) is 14.0 Å². The Morgan fingerprint density at radius 3 is 2.56 bits per heavy atom. The van der Waals surface area contributed by atoms with E-state index in [0.29, 0.717) is 40.6 Å². The zero-order valence-corrected chi connectivity index (χ0v) is 26.0. The Labute approximate surface area is 271 Å². The molecule has 0 spiro atoms. The van der Waals surface area contributed by atoms with Crippen LogP contribution in [0.5, 0.6) is 17.2 Å². The molecule has 0 aliphatic carbocycles. The van der Waals surface area contributed by atoms with Crippen molar-refractivity contribution in [3.05, 3.63) is 125 Å². The molecule has 5 rings (SSSR count). The van der Waals surface area contributed by atoms with Gasteiger partial charge < -0.3 is 25.5 Å². The Balaban J connectivity index is 0.00000461. The van der Waals surface area contributed by atoms with Crippen molar-refractivity contribution in [2.45, 2.75) is 38.6 Å². The van der Waals surface area contributed by atoms with E-state index in [4.69, 9.17) is 26.8 Å². The maximum atomic E-state index is 14.2. The number of hydrogen-bond donors (Lipinski definition) is 4. The molecule has 0 saturated heterocycles. The monoisotopic (exact) mass is 650 g/mol. The van der Waals surface area contributed by atoms with Crippen molar-refractivity contribution >= 4 is 46.7 Å². The number of fused-ring (bicyclic) bond motifs is 1. The molecule has 5 aromatic rings. The summed E-state index contributed by atoms with van der Waals surface area (Å²) in [6, 6.07) is 24.8. The van der Waals surface area contributed by atoms with Gasteiger partial charge >= 0.3 is 0 Å². The largest absolute Gasteiger partial charge is 0.476 e. The molecule has 11 heteroatoms. The van der Waals surface area contributed by atoms with Crippen LogP contribution in [0.2, 0.25) is 5.02 Å². The van der Waals surface area contributed by atoms with Crippen molar-refractivity contribution in [3.8, 4) is 17.2 Å². The van der Waals surface area contributed by atoms with Crippen LogP contribution in [0.1, 0.15) is 36.1 Å². The van der Waals surface area contributed by atoms with Crippen LogP contribution in [0.15, 0.2) is 97.2 Å². The number of benzene rings is 4. The number of hydrogen-bond acceptors (Lipinski definition) is 6. The fraction of sp³-hybridized carbons (Fsp3) is 0.176. The van der Waals surface area contributed by atoms with Crippen LogP contribution in [-0.2, 0) is 22.7 Å². The second-order valence-corrected chi connectivity index (χ2v) is 10.6. The van der Waals surface area contributed by atoms with Crippen LogP contribution in [-0.4, -0.2) is 22.8 Å². The Kier molecular flexibility index (Phi) is 11.6. The molecule has 0 aliphatic rings. The van der Waals surface area contributed by atoms with Crippen molar-refractivity contribution < 1.29 is 23.5 Å². The second-order valence-electron chi connectivity index (χ2n) is 10.1. The molecule has 45 heavy (non-hydrogen) atoms. The Morgan fingerprint density at radius 2 is 1.78 bits per heavy atom. The predicted molar refractivity (Wildman–Crippen MR) is 175 cm³/mol. The normalized spacial score (nSPS) is 12.2. The lowest BCUT2D eigenvalue weighted by Crippen LogP contribution is -2.47. The first-order valence-corrected chi connectivity index (χ1v) is 14.5. The van der Waals surface area contributed by atoms with Crippen LogP contribution < -0.4 is 25.8 Å². The van der Waals surface area contributed by atoms with Gasteiger partial charge in [0, 0.05) is 46.3 Å². The van der Waals surface area contributed by atoms with E-state index in [0.717, 1.165) is 16.5 Å². The average molecular weight is 652 g/mol. The van der Waals surface area contributed by atoms with Crippen molar-refractivity contribution in [2.24, 2.45) is 5.73 Å². The first kappa shape index (κ1) is 33.5. The minimum atomic E-state index is -1.30. The molecule has 234 valence electrons. The molecule has 0 bridgehead atoms. The topological polar surface area (TPSA) is 118 Å². The van der Waals surface area contributed by atoms with Gasteiger partial charge in [0.25, 0.3) is 5.91 Å². The molecule has 2 amide bonds. The lowest BCUT2D eigenvalue weighted by Gasteiger charge is -2.23. The summed E-state index contributed by atoms with van der Waals surface area (Å²) in [7, 11) is 0. The van der Waals surface area contributed by atoms with Gasteiger partial charge in [0.2, 0.25) is 12.0 Å². The highest BCUT2D eigenvalue weighted by molar-refractivity contribution is 6.30. The minimum absolute atomic E-state index is 0. The lowest BCUT2D eigenvalue weighted by molar-refractivity contribution is -0.136. The number of carbonyl (C=O) groups excluding carboxylic acids is 2. The van der Waals surface area contributed by atoms with Crippen molar-refractivity contribution in [3.63, 3.8) is 0 Å². The number of aromatic nitrogens is 1. The van der Waals surface area contributed by atoms with E-state index in [1.54, 1.807) is 73.8 Å². The Bertz CT molecular complexity index is 1780. The molecule has 0 radical (unpaired) electrons. The molecule has 5 N–H and O–H groups in total. The van der Waals surface area contributed by atoms with Gasteiger partial charge in [-0.2, -0.15) is 0 Å². The van der Waals surface area contributed by atoms with E-state index < -0.39 is 24.0 Å². The first-order chi connectivity index (χ1) is 21.3. The third-order valence-corrected chi connectivity index (χ3v) is 7.34. The van der Waals surface area contributed by atoms with Gasteiger partial charge in [-0.25, -0.2) is 4.39 Å². The highest BCUT2D eigenvalue weighted by atomic mass is 35.5. The molecule has 2 unspecified atom stereocenters. The molecule has 0 aliphatic heterocycles. The third-order valence-electron chi connectivity index (χ3n) is 7.10. The Hall–Kier alpha value is -4.41. The van der Waals surface area contributed by atoms with E-state index in [1.807, 2.05) is 24.3 Å². The number of H-pyrrole nitrogens is 1. The minimum Gasteiger partial charge on any atom is -0.476 e. The number of halogens is 3. The van der Waals surface area contributed by atoms with Gasteiger partial charge in [-0.15, -0.1) is 12.4 Å². The number of amides is 2. The summed E-state index contributed by atoms with van der Waals surface area (Å²) in [4.78, 5) is 30.3. The number of rotatable bonds is 12. The van der Waals surface area contributed by atoms with Crippen LogP contribution >= 0.6 is 24.0 Å². The van der Waals surface area contributed by atoms with Gasteiger partial charge in [-0.05, 0) is 72.6 Å². The molecule has 8 nitrogen and oxygen atoms in total. The molecule has 1 aromatic heterocycles. The molecular weight excluding hydrogens is 618 g/mol. The quantitative estimate of drug-likeness (QED) is 0.116. The molecule has 2 atom stereocenters. The van der Waals surface area contributed by atoms with Crippen molar-refractivity contribution in [2.75, 3.05) is 0 Å². The van der Waals surface area contributed by atoms with E-state index in [1.165, 1.54) is 6.07 Å². The highest BCUT2D eigenvalue weighted by Crippen LogP contribution is 2.36. The standard InChI is InChI=1S/C34H32ClFN4O4.ClH/c1-2-29(39-20-23-7-3-4-9-28(23)36)33(41)40-34(42)32(44-26-11-13-30-22(17-26)14-15-38-30)27-12-10-24(35)18-31(27)43-25-8-5-6-21(16-25)19-37;/h3-18,29,32,38-39H,2,19-20,37H2,1H3,(H,40,41,42);1H. The van der Waals surface area contributed by atoms with Gasteiger partial charge in [0.15, 0.2) is 0 Å². The lowest BCUT2D eigenvalue weighted by atomic mass is 10.1. The molecular formula is C34H33Cl2FN4O4. The Morgan fingerprint density at radius 1 is 0.956 bits per heavy atom. The number of imide groups is 1. The first-order valence-electron chi connectivity index (χ1n) is 14.2. The number of carbonyl (C=O) groups is 2. The van der Waals surface area contributed by atoms with Crippen LogP contribution in [0.3, 0.4) is 0 Å². The number of aromatic amines is 1. The predicted octanol–water partition coefficient (Wildman–Crippen LogP) is 6.96. The van der Waals surface area contributed by atoms with Crippen molar-refractivity contribution in [1.82, 2.24) is 15.6 Å². The van der Waals surface area contributed by atoms with Crippen LogP contribution in [0.25, 0.3) is 10.9 Å². The fourth-order valence-electron chi connectivity index (χ4n) is 4.75. The number of nitrogens with two attached hydrogens (primary N) is 1. The van der Waals surface area contributed by atoms with Gasteiger partial charge in [0.05, 0.1) is 6.04 Å². The van der Waals surface area contributed by atoms with Gasteiger partial charge in [-0.3, -0.25) is 14.9 Å². The molecule has 4 aromatic carbocycles. The zero-order chi connectivity index (χ0) is 31.1. The summed E-state index contributed by atoms with van der Waals surface area (Å²) in [6.07, 6.45) is 0.858. The second kappa shape index (κ2) is 15.5. The zero-order valence-electron chi connectivity index (χ0n) is 24.4. The fourth-order valence-corrected chi connectivity index (χ4v) is 4.91. The summed E-state index contributed by atoms with van der Waals surface area (Å²) in [5.74, 6) is -0.503. The summed E-state index contributed by atoms with van der Waals surface area (Å²) in [5, 5.41) is 6.79. The maximum Gasteiger partial charge on any atom is 0.272 e. The van der Waals surface area contributed by atoms with Crippen LogP contribution in [0.4, 0.5) is 4.39 Å². The van der Waals surface area contributed by atoms with Crippen molar-refractivity contribution in [1.29, 1.82) is 0 Å². The molecule has 0 saturated carbocycles. The summed E-state index contributed by atoms with van der Waals surface area (Å²) in [5.41, 5.74) is 8.32. The van der Waals surface area contributed by atoms with E-state index >= 15 is 0 Å². The van der Waals surface area contributed by atoms with Gasteiger partial charge in [0.1, 0.15) is 23.1 Å². The summed E-state index contributed by atoms with van der Waals surface area (Å²) in [6.45, 7) is 2.23. The number of ether oxygens (including phenoxy) is 2. The average Bonchev–Trinajstić information content (AvgIpc) is 3.49.